The van der Waals surface area contributed by atoms with Crippen molar-refractivity contribution < 1.29 is 4.79 Å². The molecule has 0 aliphatic carbocycles. The van der Waals surface area contributed by atoms with Gasteiger partial charge in [0.05, 0.1) is 11.0 Å². The third-order valence-electron chi connectivity index (χ3n) is 5.44. The molecule has 0 N–H and O–H groups in total. The number of carbonyl (C=O) groups is 1. The molecule has 1 aliphatic rings. The minimum Gasteiger partial charge on any atom is -0.314 e. The smallest absolute Gasteiger partial charge is 0.247 e. The fourth-order valence-electron chi connectivity index (χ4n) is 4.10. The number of aromatic nitrogens is 2. The molecule has 0 unspecified atom stereocenters. The standard InChI is InChI=1S/C24H20ClN3O/c25-19-10-5-8-18(15-19)24-26-20-11-2-4-13-22(20)28(24)16-23(29)27-14-6-9-17-7-1-3-12-21(17)27/h1-5,7-8,10-13,15H,6,9,14,16H2. The third kappa shape index (κ3) is 3.30. The fourth-order valence-corrected chi connectivity index (χ4v) is 4.29. The molecule has 1 aromatic heterocycles. The van der Waals surface area contributed by atoms with E-state index in [1.165, 1.54) is 5.56 Å². The van der Waals surface area contributed by atoms with Gasteiger partial charge in [0.15, 0.2) is 0 Å². The van der Waals surface area contributed by atoms with Gasteiger partial charge < -0.3 is 9.47 Å². The van der Waals surface area contributed by atoms with E-state index in [0.29, 0.717) is 5.02 Å². The van der Waals surface area contributed by atoms with Gasteiger partial charge in [-0.2, -0.15) is 0 Å². The number of anilines is 1. The van der Waals surface area contributed by atoms with E-state index in [1.807, 2.05) is 76.2 Å². The molecule has 0 atom stereocenters. The van der Waals surface area contributed by atoms with Crippen LogP contribution in [0, 0.1) is 0 Å². The Morgan fingerprint density at radius 3 is 2.72 bits per heavy atom. The highest BCUT2D eigenvalue weighted by Crippen LogP contribution is 2.29. The van der Waals surface area contributed by atoms with E-state index in [4.69, 9.17) is 16.6 Å². The van der Waals surface area contributed by atoms with Crippen LogP contribution in [0.25, 0.3) is 22.4 Å². The van der Waals surface area contributed by atoms with Crippen molar-refractivity contribution in [1.82, 2.24) is 9.55 Å². The number of hydrogen-bond donors (Lipinski definition) is 0. The largest absolute Gasteiger partial charge is 0.314 e. The SMILES string of the molecule is O=C(Cn1c(-c2cccc(Cl)c2)nc2ccccc21)N1CCCc2ccccc21. The number of rotatable bonds is 3. The van der Waals surface area contributed by atoms with Gasteiger partial charge in [0.1, 0.15) is 12.4 Å². The lowest BCUT2D eigenvalue weighted by Crippen LogP contribution is -2.37. The van der Waals surface area contributed by atoms with Gasteiger partial charge in [-0.05, 0) is 48.7 Å². The summed E-state index contributed by atoms with van der Waals surface area (Å²) in [5, 5.41) is 0.650. The highest BCUT2D eigenvalue weighted by atomic mass is 35.5. The lowest BCUT2D eigenvalue weighted by molar-refractivity contribution is -0.119. The summed E-state index contributed by atoms with van der Waals surface area (Å²) in [6.45, 7) is 0.978. The van der Waals surface area contributed by atoms with Crippen LogP contribution in [-0.2, 0) is 17.8 Å². The number of fused-ring (bicyclic) bond motifs is 2. The summed E-state index contributed by atoms with van der Waals surface area (Å²) in [4.78, 5) is 20.1. The molecule has 0 spiro atoms. The van der Waals surface area contributed by atoms with Crippen molar-refractivity contribution >= 4 is 34.2 Å². The van der Waals surface area contributed by atoms with Crippen LogP contribution < -0.4 is 4.90 Å². The van der Waals surface area contributed by atoms with E-state index in [2.05, 4.69) is 6.07 Å². The van der Waals surface area contributed by atoms with E-state index in [0.717, 1.165) is 47.5 Å². The zero-order chi connectivity index (χ0) is 19.8. The molecule has 0 radical (unpaired) electrons. The van der Waals surface area contributed by atoms with Gasteiger partial charge in [-0.25, -0.2) is 4.98 Å². The van der Waals surface area contributed by atoms with Crippen LogP contribution in [0.1, 0.15) is 12.0 Å². The summed E-state index contributed by atoms with van der Waals surface area (Å²) in [7, 11) is 0. The maximum absolute atomic E-state index is 13.4. The Hall–Kier alpha value is -3.11. The molecule has 1 amide bonds. The zero-order valence-electron chi connectivity index (χ0n) is 15.9. The van der Waals surface area contributed by atoms with Gasteiger partial charge in [0.25, 0.3) is 0 Å². The van der Waals surface area contributed by atoms with Crippen LogP contribution >= 0.6 is 11.6 Å². The Morgan fingerprint density at radius 1 is 1.00 bits per heavy atom. The average Bonchev–Trinajstić information content (AvgIpc) is 3.12. The summed E-state index contributed by atoms with van der Waals surface area (Å²) in [6.07, 6.45) is 2.00. The van der Waals surface area contributed by atoms with Crippen molar-refractivity contribution in [3.63, 3.8) is 0 Å². The van der Waals surface area contributed by atoms with Crippen molar-refractivity contribution in [1.29, 1.82) is 0 Å². The molecule has 0 bridgehead atoms. The maximum atomic E-state index is 13.4. The van der Waals surface area contributed by atoms with Gasteiger partial charge in [-0.1, -0.05) is 54.1 Å². The summed E-state index contributed by atoms with van der Waals surface area (Å²) < 4.78 is 2.00. The second-order valence-electron chi connectivity index (χ2n) is 7.30. The van der Waals surface area contributed by atoms with Crippen molar-refractivity contribution in [2.24, 2.45) is 0 Å². The third-order valence-corrected chi connectivity index (χ3v) is 5.68. The first-order valence-corrected chi connectivity index (χ1v) is 10.2. The molecule has 4 nitrogen and oxygen atoms in total. The molecule has 0 fully saturated rings. The van der Waals surface area contributed by atoms with Crippen LogP contribution in [0.2, 0.25) is 5.02 Å². The lowest BCUT2D eigenvalue weighted by atomic mass is 10.0. The van der Waals surface area contributed by atoms with Crippen molar-refractivity contribution in [2.75, 3.05) is 11.4 Å². The van der Waals surface area contributed by atoms with Crippen LogP contribution in [0.4, 0.5) is 5.69 Å². The number of nitrogens with zero attached hydrogens (tertiary/aromatic N) is 3. The van der Waals surface area contributed by atoms with Crippen LogP contribution in [0.3, 0.4) is 0 Å². The molecule has 2 heterocycles. The number of benzene rings is 3. The van der Waals surface area contributed by atoms with Gasteiger partial charge in [0, 0.05) is 22.8 Å². The molecule has 5 rings (SSSR count). The fraction of sp³-hybridized carbons (Fsp3) is 0.167. The van der Waals surface area contributed by atoms with Gasteiger partial charge in [-0.3, -0.25) is 4.79 Å². The molecule has 1 aliphatic heterocycles. The van der Waals surface area contributed by atoms with Crippen molar-refractivity contribution in [3.8, 4) is 11.4 Å². The van der Waals surface area contributed by atoms with Crippen LogP contribution in [0.15, 0.2) is 72.8 Å². The molecule has 3 aromatic carbocycles. The van der Waals surface area contributed by atoms with E-state index < -0.39 is 0 Å². The zero-order valence-corrected chi connectivity index (χ0v) is 16.6. The minimum absolute atomic E-state index is 0.0728. The number of aryl methyl sites for hydroxylation is 1. The van der Waals surface area contributed by atoms with E-state index in [1.54, 1.807) is 0 Å². The highest BCUT2D eigenvalue weighted by molar-refractivity contribution is 6.30. The van der Waals surface area contributed by atoms with E-state index in [-0.39, 0.29) is 12.5 Å². The molecule has 29 heavy (non-hydrogen) atoms. The van der Waals surface area contributed by atoms with Crippen LogP contribution in [0.5, 0.6) is 0 Å². The Kier molecular flexibility index (Phi) is 4.57. The number of amides is 1. The van der Waals surface area contributed by atoms with Gasteiger partial charge in [-0.15, -0.1) is 0 Å². The second kappa shape index (κ2) is 7.37. The van der Waals surface area contributed by atoms with E-state index in [9.17, 15) is 4.79 Å². The molecule has 0 saturated carbocycles. The summed E-state index contributed by atoms with van der Waals surface area (Å²) in [5.41, 5.74) is 4.98. The second-order valence-corrected chi connectivity index (χ2v) is 7.73. The quantitative estimate of drug-likeness (QED) is 0.465. The van der Waals surface area contributed by atoms with Crippen LogP contribution in [-0.4, -0.2) is 22.0 Å². The summed E-state index contributed by atoms with van der Waals surface area (Å²) >= 11 is 6.22. The highest BCUT2D eigenvalue weighted by Gasteiger charge is 2.24. The monoisotopic (exact) mass is 401 g/mol. The number of carbonyl (C=O) groups excluding carboxylic acids is 1. The first-order valence-electron chi connectivity index (χ1n) is 9.80. The number of para-hydroxylation sites is 3. The number of halogens is 1. The normalized spacial score (nSPS) is 13.5. The number of hydrogen-bond acceptors (Lipinski definition) is 2. The predicted octanol–water partition coefficient (Wildman–Crippen LogP) is 5.34. The molecule has 4 aromatic rings. The first-order chi connectivity index (χ1) is 14.2. The van der Waals surface area contributed by atoms with Crippen molar-refractivity contribution in [3.05, 3.63) is 83.4 Å². The molecular weight excluding hydrogens is 382 g/mol. The molecule has 144 valence electrons. The Bertz CT molecular complexity index is 1210. The van der Waals surface area contributed by atoms with Gasteiger partial charge in [0.2, 0.25) is 5.91 Å². The Morgan fingerprint density at radius 2 is 1.83 bits per heavy atom. The number of imidazole rings is 1. The molecule has 5 heteroatoms. The van der Waals surface area contributed by atoms with Crippen molar-refractivity contribution in [2.45, 2.75) is 19.4 Å². The lowest BCUT2D eigenvalue weighted by Gasteiger charge is -2.29. The molecular formula is C24H20ClN3O. The minimum atomic E-state index is 0.0728. The predicted molar refractivity (Wildman–Crippen MR) is 117 cm³/mol. The average molecular weight is 402 g/mol. The first kappa shape index (κ1) is 18.0. The van der Waals surface area contributed by atoms with E-state index >= 15 is 0 Å². The van der Waals surface area contributed by atoms with Gasteiger partial charge >= 0.3 is 0 Å². The topological polar surface area (TPSA) is 38.1 Å². The maximum Gasteiger partial charge on any atom is 0.247 e. The summed E-state index contributed by atoms with van der Waals surface area (Å²) in [6, 6.07) is 23.7. The molecule has 0 saturated heterocycles. The summed E-state index contributed by atoms with van der Waals surface area (Å²) in [5.74, 6) is 0.830. The Labute approximate surface area is 174 Å². The Balaban J connectivity index is 1.57.